The minimum absolute atomic E-state index is 0.128. The van der Waals surface area contributed by atoms with Crippen molar-refractivity contribution in [3.63, 3.8) is 0 Å². The molecule has 0 radical (unpaired) electrons. The number of carbonyl (C=O) groups excluding carboxylic acids is 3. The van der Waals surface area contributed by atoms with Gasteiger partial charge in [0.15, 0.2) is 0 Å². The molecule has 1 atom stereocenters. The zero-order valence-corrected chi connectivity index (χ0v) is 9.82. The van der Waals surface area contributed by atoms with E-state index in [0.29, 0.717) is 5.57 Å². The van der Waals surface area contributed by atoms with Gasteiger partial charge in [-0.25, -0.2) is 4.79 Å². The monoisotopic (exact) mass is 241 g/mol. The predicted molar refractivity (Wildman–Crippen MR) is 59.7 cm³/mol. The molecule has 0 aliphatic rings. The molecule has 0 aliphatic carbocycles. The van der Waals surface area contributed by atoms with Crippen molar-refractivity contribution < 1.29 is 23.9 Å². The summed E-state index contributed by atoms with van der Waals surface area (Å²) in [6, 6.07) is 0. The molecule has 0 aliphatic heterocycles. The van der Waals surface area contributed by atoms with Crippen molar-refractivity contribution in [2.45, 2.75) is 20.1 Å². The lowest BCUT2D eigenvalue weighted by atomic mass is 10.3. The maximum absolute atomic E-state index is 11.2. The Balaban J connectivity index is 4.29. The van der Waals surface area contributed by atoms with Crippen LogP contribution in [0, 0.1) is 0 Å². The normalized spacial score (nSPS) is 10.9. The van der Waals surface area contributed by atoms with Crippen molar-refractivity contribution in [2.75, 3.05) is 6.54 Å². The van der Waals surface area contributed by atoms with E-state index < -0.39 is 18.2 Å². The van der Waals surface area contributed by atoms with Crippen molar-refractivity contribution in [3.8, 4) is 0 Å². The third-order valence-electron chi connectivity index (χ3n) is 1.61. The molecule has 0 aromatic carbocycles. The maximum Gasteiger partial charge on any atom is 0.336 e. The van der Waals surface area contributed by atoms with E-state index in [9.17, 15) is 14.4 Å². The second-order valence-corrected chi connectivity index (χ2v) is 3.34. The van der Waals surface area contributed by atoms with Gasteiger partial charge in [-0.05, 0) is 13.8 Å². The van der Waals surface area contributed by atoms with E-state index in [-0.39, 0.29) is 18.6 Å². The average molecular weight is 241 g/mol. The van der Waals surface area contributed by atoms with Crippen LogP contribution in [0.2, 0.25) is 0 Å². The first-order chi connectivity index (χ1) is 7.88. The minimum Gasteiger partial charge on any atom is -0.425 e. The number of rotatable bonds is 7. The summed E-state index contributed by atoms with van der Waals surface area (Å²) in [5.41, 5.74) is 0.455. The zero-order valence-electron chi connectivity index (χ0n) is 9.82. The van der Waals surface area contributed by atoms with Crippen LogP contribution in [0.15, 0.2) is 24.3 Å². The van der Waals surface area contributed by atoms with Crippen LogP contribution in [0.25, 0.3) is 0 Å². The molecule has 0 aromatic heterocycles. The van der Waals surface area contributed by atoms with Crippen LogP contribution in [0.1, 0.15) is 13.8 Å². The minimum atomic E-state index is -1.18. The number of amides is 1. The van der Waals surface area contributed by atoms with Crippen molar-refractivity contribution in [2.24, 2.45) is 0 Å². The fraction of sp³-hybridized carbons (Fsp3) is 0.364. The molecule has 0 heterocycles. The number of carbonyl (C=O) groups is 3. The highest BCUT2D eigenvalue weighted by molar-refractivity contribution is 5.92. The quantitative estimate of drug-likeness (QED) is 0.300. The topological polar surface area (TPSA) is 81.7 Å². The Hall–Kier alpha value is -2.11. The first-order valence-electron chi connectivity index (χ1n) is 4.77. The van der Waals surface area contributed by atoms with E-state index in [4.69, 9.17) is 4.74 Å². The van der Waals surface area contributed by atoms with Gasteiger partial charge in [-0.2, -0.15) is 0 Å². The molecule has 6 nitrogen and oxygen atoms in total. The summed E-state index contributed by atoms with van der Waals surface area (Å²) < 4.78 is 9.23. The summed E-state index contributed by atoms with van der Waals surface area (Å²) in [5, 5.41) is 2.38. The van der Waals surface area contributed by atoms with Crippen LogP contribution < -0.4 is 5.32 Å². The van der Waals surface area contributed by atoms with E-state index in [1.54, 1.807) is 0 Å². The highest BCUT2D eigenvalue weighted by Gasteiger charge is 2.16. The van der Waals surface area contributed by atoms with Gasteiger partial charge in [0.05, 0.1) is 6.54 Å². The molecule has 0 saturated heterocycles. The van der Waals surface area contributed by atoms with Gasteiger partial charge < -0.3 is 14.8 Å². The molecule has 0 bridgehead atoms. The van der Waals surface area contributed by atoms with Crippen LogP contribution in [0.4, 0.5) is 0 Å². The Labute approximate surface area is 99.3 Å². The maximum atomic E-state index is 11.2. The number of ether oxygens (including phenoxy) is 2. The standard InChI is InChI=1S/C11H15NO5/c1-7(2)10(14)12-5-9(16-6-13)17-11(15)8(3)4/h6,9H,1,3,5H2,2,4H3,(H,12,14). The third-order valence-corrected chi connectivity index (χ3v) is 1.61. The van der Waals surface area contributed by atoms with E-state index in [0.717, 1.165) is 0 Å². The fourth-order valence-corrected chi connectivity index (χ4v) is 0.726. The molecule has 94 valence electrons. The van der Waals surface area contributed by atoms with Crippen LogP contribution in [0.3, 0.4) is 0 Å². The second-order valence-electron chi connectivity index (χ2n) is 3.34. The molecule has 1 amide bonds. The van der Waals surface area contributed by atoms with Crippen molar-refractivity contribution in [1.82, 2.24) is 5.32 Å². The molecular formula is C11H15NO5. The van der Waals surface area contributed by atoms with Crippen LogP contribution in [0.5, 0.6) is 0 Å². The van der Waals surface area contributed by atoms with Crippen molar-refractivity contribution in [1.29, 1.82) is 0 Å². The molecule has 6 heteroatoms. The summed E-state index contributed by atoms with van der Waals surface area (Å²) in [6.45, 7) is 9.74. The molecule has 0 saturated carbocycles. The van der Waals surface area contributed by atoms with Crippen LogP contribution in [-0.4, -0.2) is 31.2 Å². The Kier molecular flexibility index (Phi) is 6.32. The first-order valence-corrected chi connectivity index (χ1v) is 4.77. The number of esters is 1. The van der Waals surface area contributed by atoms with Crippen molar-refractivity contribution >= 4 is 18.3 Å². The van der Waals surface area contributed by atoms with Gasteiger partial charge in [0.25, 0.3) is 12.8 Å². The third kappa shape index (κ3) is 6.14. The molecular weight excluding hydrogens is 226 g/mol. The van der Waals surface area contributed by atoms with E-state index in [1.807, 2.05) is 0 Å². The Bertz CT molecular complexity index is 348. The molecule has 17 heavy (non-hydrogen) atoms. The van der Waals surface area contributed by atoms with Gasteiger partial charge in [0, 0.05) is 11.1 Å². The van der Waals surface area contributed by atoms with E-state index >= 15 is 0 Å². The highest BCUT2D eigenvalue weighted by Crippen LogP contribution is 1.99. The Morgan fingerprint density at radius 1 is 1.29 bits per heavy atom. The predicted octanol–water partition coefficient (Wildman–Crippen LogP) is 0.297. The van der Waals surface area contributed by atoms with Gasteiger partial charge in [-0.3, -0.25) is 9.59 Å². The van der Waals surface area contributed by atoms with E-state index in [1.165, 1.54) is 13.8 Å². The Morgan fingerprint density at radius 3 is 2.29 bits per heavy atom. The van der Waals surface area contributed by atoms with Crippen LogP contribution >= 0.6 is 0 Å². The summed E-state index contributed by atoms with van der Waals surface area (Å²) in [6.07, 6.45) is -1.18. The molecule has 0 rings (SSSR count). The molecule has 1 N–H and O–H groups in total. The smallest absolute Gasteiger partial charge is 0.336 e. The lowest BCUT2D eigenvalue weighted by Crippen LogP contribution is -2.36. The zero-order chi connectivity index (χ0) is 13.4. The summed E-state index contributed by atoms with van der Waals surface area (Å²) in [7, 11) is 0. The van der Waals surface area contributed by atoms with E-state index in [2.05, 4.69) is 23.2 Å². The first kappa shape index (κ1) is 14.9. The highest BCUT2D eigenvalue weighted by atomic mass is 16.7. The number of hydrogen-bond donors (Lipinski definition) is 1. The van der Waals surface area contributed by atoms with Crippen molar-refractivity contribution in [3.05, 3.63) is 24.3 Å². The second kappa shape index (κ2) is 7.21. The fourth-order valence-electron chi connectivity index (χ4n) is 0.726. The molecule has 0 fully saturated rings. The lowest BCUT2D eigenvalue weighted by molar-refractivity contribution is -0.175. The van der Waals surface area contributed by atoms with Gasteiger partial charge >= 0.3 is 5.97 Å². The summed E-state index contributed by atoms with van der Waals surface area (Å²) in [5.74, 6) is -1.13. The molecule has 0 spiro atoms. The Morgan fingerprint density at radius 2 is 1.88 bits per heavy atom. The lowest BCUT2D eigenvalue weighted by Gasteiger charge is -2.16. The molecule has 0 aromatic rings. The van der Waals surface area contributed by atoms with Gasteiger partial charge in [-0.15, -0.1) is 0 Å². The van der Waals surface area contributed by atoms with Gasteiger partial charge in [-0.1, -0.05) is 13.2 Å². The summed E-state index contributed by atoms with van der Waals surface area (Å²) in [4.78, 5) is 32.5. The average Bonchev–Trinajstić information content (AvgIpc) is 2.25. The largest absolute Gasteiger partial charge is 0.425 e. The molecule has 1 unspecified atom stereocenters. The van der Waals surface area contributed by atoms with Crippen LogP contribution in [-0.2, 0) is 23.9 Å². The number of nitrogens with one attached hydrogen (secondary N) is 1. The van der Waals surface area contributed by atoms with Gasteiger partial charge in [0.2, 0.25) is 5.91 Å². The summed E-state index contributed by atoms with van der Waals surface area (Å²) >= 11 is 0. The van der Waals surface area contributed by atoms with Gasteiger partial charge in [0.1, 0.15) is 0 Å². The number of hydrogen-bond acceptors (Lipinski definition) is 5. The SMILES string of the molecule is C=C(C)C(=O)NCC(OC=O)OC(=O)C(=C)C.